The molecule has 0 radical (unpaired) electrons. The number of nitrogens with zero attached hydrogens (tertiary/aromatic N) is 3. The molecular weight excluding hydrogens is 314 g/mol. The minimum atomic E-state index is 0.340. The summed E-state index contributed by atoms with van der Waals surface area (Å²) in [5.74, 6) is 2.67. The van der Waals surface area contributed by atoms with Gasteiger partial charge in [0.25, 0.3) is 0 Å². The molecule has 2 aliphatic rings. The summed E-state index contributed by atoms with van der Waals surface area (Å²) < 4.78 is 12.0. The summed E-state index contributed by atoms with van der Waals surface area (Å²) in [5.41, 5.74) is 1.33. The number of ether oxygens (including phenoxy) is 1. The zero-order chi connectivity index (χ0) is 17.1. The van der Waals surface area contributed by atoms with Crippen molar-refractivity contribution in [2.45, 2.75) is 32.5 Å². The van der Waals surface area contributed by atoms with Crippen molar-refractivity contribution in [3.05, 3.63) is 53.7 Å². The second kappa shape index (κ2) is 7.68. The molecule has 0 spiro atoms. The number of likely N-dealkylation sites (tertiary alicyclic amines) is 1. The van der Waals surface area contributed by atoms with Crippen LogP contribution in [0.3, 0.4) is 0 Å². The van der Waals surface area contributed by atoms with E-state index in [-0.39, 0.29) is 0 Å². The second-order valence-electron chi connectivity index (χ2n) is 7.30. The number of aromatic nitrogens is 1. The van der Waals surface area contributed by atoms with Crippen molar-refractivity contribution in [1.82, 2.24) is 14.8 Å². The van der Waals surface area contributed by atoms with Crippen molar-refractivity contribution in [2.24, 2.45) is 5.92 Å². The van der Waals surface area contributed by atoms with Gasteiger partial charge in [-0.2, -0.15) is 0 Å². The summed E-state index contributed by atoms with van der Waals surface area (Å²) in [4.78, 5) is 9.11. The Morgan fingerprint density at radius 1 is 1.04 bits per heavy atom. The molecule has 0 N–H and O–H groups in total. The fourth-order valence-electron chi connectivity index (χ4n) is 4.01. The van der Waals surface area contributed by atoms with Crippen LogP contribution in [0, 0.1) is 12.8 Å². The molecule has 2 aliphatic heterocycles. The molecule has 4 rings (SSSR count). The third-order valence-electron chi connectivity index (χ3n) is 5.34. The van der Waals surface area contributed by atoms with Crippen LogP contribution >= 0.6 is 0 Å². The molecule has 2 saturated heterocycles. The highest BCUT2D eigenvalue weighted by atomic mass is 16.5. The van der Waals surface area contributed by atoms with E-state index in [1.54, 1.807) is 0 Å². The fourth-order valence-corrected chi connectivity index (χ4v) is 4.01. The number of pyridine rings is 1. The van der Waals surface area contributed by atoms with Gasteiger partial charge in [0.1, 0.15) is 11.5 Å². The monoisotopic (exact) mass is 341 g/mol. The van der Waals surface area contributed by atoms with Gasteiger partial charge in [-0.05, 0) is 49.7 Å². The van der Waals surface area contributed by atoms with E-state index in [9.17, 15) is 0 Å². The number of hydrogen-bond donors (Lipinski definition) is 0. The number of aryl methyl sites for hydroxylation is 1. The molecule has 2 atom stereocenters. The maximum absolute atomic E-state index is 6.22. The predicted octanol–water partition coefficient (Wildman–Crippen LogP) is 2.71. The lowest BCUT2D eigenvalue weighted by molar-refractivity contribution is -0.0256. The lowest BCUT2D eigenvalue weighted by atomic mass is 9.93. The van der Waals surface area contributed by atoms with E-state index in [1.807, 2.05) is 25.4 Å². The first-order valence-electron chi connectivity index (χ1n) is 9.27. The highest BCUT2D eigenvalue weighted by Crippen LogP contribution is 2.26. The highest BCUT2D eigenvalue weighted by molar-refractivity contribution is 5.09. The topological polar surface area (TPSA) is 41.7 Å². The highest BCUT2D eigenvalue weighted by Gasteiger charge is 2.33. The minimum absolute atomic E-state index is 0.340. The van der Waals surface area contributed by atoms with Crippen LogP contribution < -0.4 is 0 Å². The van der Waals surface area contributed by atoms with Gasteiger partial charge in [0, 0.05) is 44.5 Å². The lowest BCUT2D eigenvalue weighted by Crippen LogP contribution is -2.46. The quantitative estimate of drug-likeness (QED) is 0.855. The Labute approximate surface area is 149 Å². The number of fused-ring (bicyclic) bond motifs is 1. The van der Waals surface area contributed by atoms with Crippen molar-refractivity contribution in [3.8, 4) is 0 Å². The zero-order valence-corrected chi connectivity index (χ0v) is 14.9. The van der Waals surface area contributed by atoms with Gasteiger partial charge in [-0.25, -0.2) is 0 Å². The molecule has 0 amide bonds. The Bertz CT molecular complexity index is 673. The van der Waals surface area contributed by atoms with Crippen LogP contribution in [0.1, 0.15) is 23.5 Å². The predicted molar refractivity (Wildman–Crippen MR) is 96.1 cm³/mol. The molecule has 25 heavy (non-hydrogen) atoms. The van der Waals surface area contributed by atoms with Gasteiger partial charge < -0.3 is 9.15 Å². The van der Waals surface area contributed by atoms with Crippen molar-refractivity contribution in [2.75, 3.05) is 32.8 Å². The molecule has 5 heteroatoms. The second-order valence-corrected chi connectivity index (χ2v) is 7.30. The minimum Gasteiger partial charge on any atom is -0.465 e. The van der Waals surface area contributed by atoms with Gasteiger partial charge in [0.2, 0.25) is 0 Å². The van der Waals surface area contributed by atoms with Gasteiger partial charge in [-0.15, -0.1) is 0 Å². The van der Waals surface area contributed by atoms with Crippen LogP contribution in [0.15, 0.2) is 41.1 Å². The molecular formula is C20H27N3O2. The third kappa shape index (κ3) is 4.29. The van der Waals surface area contributed by atoms with Gasteiger partial charge in [0.05, 0.1) is 19.3 Å². The van der Waals surface area contributed by atoms with E-state index in [4.69, 9.17) is 9.15 Å². The lowest BCUT2D eigenvalue weighted by Gasteiger charge is -2.37. The van der Waals surface area contributed by atoms with Crippen molar-refractivity contribution < 1.29 is 9.15 Å². The van der Waals surface area contributed by atoms with Gasteiger partial charge in [-0.3, -0.25) is 14.8 Å². The van der Waals surface area contributed by atoms with Crippen LogP contribution in [0.4, 0.5) is 0 Å². The van der Waals surface area contributed by atoms with Crippen molar-refractivity contribution in [3.63, 3.8) is 0 Å². The van der Waals surface area contributed by atoms with Gasteiger partial charge in [0.15, 0.2) is 0 Å². The first-order valence-corrected chi connectivity index (χ1v) is 9.27. The molecule has 0 aliphatic carbocycles. The summed E-state index contributed by atoms with van der Waals surface area (Å²) in [7, 11) is 0. The fraction of sp³-hybridized carbons (Fsp3) is 0.550. The van der Waals surface area contributed by atoms with Crippen LogP contribution in [0.25, 0.3) is 0 Å². The van der Waals surface area contributed by atoms with Crippen LogP contribution in [-0.2, 0) is 17.8 Å². The number of hydrogen-bond acceptors (Lipinski definition) is 5. The molecule has 0 bridgehead atoms. The first kappa shape index (κ1) is 16.8. The molecule has 4 heterocycles. The Morgan fingerprint density at radius 2 is 1.88 bits per heavy atom. The summed E-state index contributed by atoms with van der Waals surface area (Å²) in [6.07, 6.45) is 5.28. The molecule has 2 fully saturated rings. The molecule has 2 aromatic rings. The average molecular weight is 341 g/mol. The Balaban J connectivity index is 1.34. The Morgan fingerprint density at radius 3 is 2.68 bits per heavy atom. The maximum atomic E-state index is 6.22. The number of piperidine rings is 1. The van der Waals surface area contributed by atoms with Gasteiger partial charge >= 0.3 is 0 Å². The first-order chi connectivity index (χ1) is 12.3. The Hall–Kier alpha value is -1.69. The van der Waals surface area contributed by atoms with Gasteiger partial charge in [-0.1, -0.05) is 0 Å². The van der Waals surface area contributed by atoms with E-state index >= 15 is 0 Å². The molecule has 0 saturated carbocycles. The largest absolute Gasteiger partial charge is 0.465 e. The zero-order valence-electron chi connectivity index (χ0n) is 14.9. The maximum Gasteiger partial charge on any atom is 0.118 e. The third-order valence-corrected chi connectivity index (χ3v) is 5.34. The standard InChI is InChI=1S/C20H27N3O2/c1-16-2-3-19(25-16)14-22-9-6-18-13-23(10-11-24-20(18)15-22)12-17-4-7-21-8-5-17/h2-5,7-8,18,20H,6,9-15H2,1H3/t18-,20-/m1/s1. The summed E-state index contributed by atoms with van der Waals surface area (Å²) in [6.45, 7) is 8.96. The summed E-state index contributed by atoms with van der Waals surface area (Å²) >= 11 is 0. The van der Waals surface area contributed by atoms with Crippen molar-refractivity contribution in [1.29, 1.82) is 0 Å². The molecule has 2 aromatic heterocycles. The van der Waals surface area contributed by atoms with E-state index in [1.165, 1.54) is 12.0 Å². The van der Waals surface area contributed by atoms with Crippen LogP contribution in [0.5, 0.6) is 0 Å². The summed E-state index contributed by atoms with van der Waals surface area (Å²) in [5, 5.41) is 0. The smallest absolute Gasteiger partial charge is 0.118 e. The van der Waals surface area contributed by atoms with Crippen LogP contribution in [0.2, 0.25) is 0 Å². The molecule has 0 aromatic carbocycles. The van der Waals surface area contributed by atoms with E-state index in [0.717, 1.165) is 57.4 Å². The number of furan rings is 1. The number of rotatable bonds is 4. The average Bonchev–Trinajstić information content (AvgIpc) is 2.91. The SMILES string of the molecule is Cc1ccc(CN2CC[C@@H]3CN(Cc4ccncc4)CCO[C@@H]3C2)o1. The summed E-state index contributed by atoms with van der Waals surface area (Å²) in [6, 6.07) is 8.35. The molecule has 0 unspecified atom stereocenters. The van der Waals surface area contributed by atoms with E-state index in [0.29, 0.717) is 12.0 Å². The van der Waals surface area contributed by atoms with Crippen LogP contribution in [-0.4, -0.2) is 53.7 Å². The Kier molecular flexibility index (Phi) is 5.15. The molecule has 134 valence electrons. The van der Waals surface area contributed by atoms with E-state index in [2.05, 4.69) is 33.0 Å². The molecule has 5 nitrogen and oxygen atoms in total. The van der Waals surface area contributed by atoms with Crippen molar-refractivity contribution >= 4 is 0 Å². The van der Waals surface area contributed by atoms with E-state index < -0.39 is 0 Å². The normalized spacial score (nSPS) is 25.5.